The van der Waals surface area contributed by atoms with Gasteiger partial charge in [-0.25, -0.2) is 0 Å². The Morgan fingerprint density at radius 3 is 1.42 bits per heavy atom. The van der Waals surface area contributed by atoms with Crippen LogP contribution in [0.2, 0.25) is 0 Å². The molecule has 59 heavy (non-hydrogen) atoms. The number of hydrogen-bond donors (Lipinski definition) is 4. The van der Waals surface area contributed by atoms with Crippen LogP contribution in [0.15, 0.2) is 109 Å². The zero-order valence-corrected chi connectivity index (χ0v) is 35.9. The summed E-state index contributed by atoms with van der Waals surface area (Å²) >= 11 is 0. The Bertz CT molecular complexity index is 1320. The first-order chi connectivity index (χ1) is 28.8. The van der Waals surface area contributed by atoms with Crippen LogP contribution < -0.4 is 0 Å². The molecule has 0 bridgehead atoms. The predicted octanol–water partition coefficient (Wildman–Crippen LogP) is 9.33. The molecule has 0 spiro atoms. The fourth-order valence-electron chi connectivity index (χ4n) is 5.73. The third kappa shape index (κ3) is 30.1. The van der Waals surface area contributed by atoms with Crippen molar-refractivity contribution in [3.8, 4) is 0 Å². The van der Waals surface area contributed by atoms with Crippen LogP contribution in [0.1, 0.15) is 129 Å². The van der Waals surface area contributed by atoms with Crippen LogP contribution in [0.3, 0.4) is 0 Å². The minimum atomic E-state index is -1.61. The van der Waals surface area contributed by atoms with Crippen LogP contribution in [-0.2, 0) is 28.5 Å². The van der Waals surface area contributed by atoms with E-state index < -0.39 is 55.4 Å². The van der Waals surface area contributed by atoms with Gasteiger partial charge in [0.2, 0.25) is 0 Å². The van der Waals surface area contributed by atoms with Crippen molar-refractivity contribution in [1.82, 2.24) is 0 Å². The van der Waals surface area contributed by atoms with Gasteiger partial charge in [0.1, 0.15) is 31.0 Å². The van der Waals surface area contributed by atoms with E-state index in [4.69, 9.17) is 18.9 Å². The highest BCUT2D eigenvalue weighted by molar-refractivity contribution is 5.70. The molecule has 1 aliphatic heterocycles. The van der Waals surface area contributed by atoms with Gasteiger partial charge in [0.25, 0.3) is 0 Å². The highest BCUT2D eigenvalue weighted by atomic mass is 16.7. The maximum atomic E-state index is 12.8. The largest absolute Gasteiger partial charge is 0.462 e. The summed E-state index contributed by atoms with van der Waals surface area (Å²) in [5.41, 5.74) is 0. The lowest BCUT2D eigenvalue weighted by atomic mass is 9.99. The van der Waals surface area contributed by atoms with Crippen molar-refractivity contribution in [3.63, 3.8) is 0 Å². The summed E-state index contributed by atoms with van der Waals surface area (Å²) in [5, 5.41) is 40.1. The summed E-state index contributed by atoms with van der Waals surface area (Å²) in [6.07, 6.45) is 45.2. The molecule has 4 N–H and O–H groups in total. The van der Waals surface area contributed by atoms with Crippen LogP contribution >= 0.6 is 0 Å². The van der Waals surface area contributed by atoms with Gasteiger partial charge in [0.15, 0.2) is 12.4 Å². The summed E-state index contributed by atoms with van der Waals surface area (Å²) in [5.74, 6) is -0.907. The second-order valence-corrected chi connectivity index (χ2v) is 14.4. The number of aliphatic hydroxyl groups excluding tert-OH is 4. The molecular formula is C49H76O10. The lowest BCUT2D eigenvalue weighted by molar-refractivity contribution is -0.305. The van der Waals surface area contributed by atoms with E-state index in [2.05, 4.69) is 123 Å². The first-order valence-electron chi connectivity index (χ1n) is 22.0. The maximum Gasteiger partial charge on any atom is 0.306 e. The number of hydrogen-bond acceptors (Lipinski definition) is 10. The van der Waals surface area contributed by atoms with Gasteiger partial charge < -0.3 is 39.4 Å². The molecule has 0 aliphatic carbocycles. The molecule has 1 aliphatic rings. The molecule has 1 heterocycles. The molecule has 2 unspecified atom stereocenters. The third-order valence-electron chi connectivity index (χ3n) is 9.15. The topological polar surface area (TPSA) is 152 Å². The van der Waals surface area contributed by atoms with Gasteiger partial charge in [-0.2, -0.15) is 0 Å². The van der Waals surface area contributed by atoms with Crippen molar-refractivity contribution in [2.75, 3.05) is 19.8 Å². The summed E-state index contributed by atoms with van der Waals surface area (Å²) in [6, 6.07) is 0. The molecule has 0 saturated carbocycles. The molecule has 1 saturated heterocycles. The van der Waals surface area contributed by atoms with E-state index in [9.17, 15) is 30.0 Å². The van der Waals surface area contributed by atoms with E-state index in [0.29, 0.717) is 12.8 Å². The molecule has 1 rings (SSSR count). The van der Waals surface area contributed by atoms with Gasteiger partial charge in [-0.1, -0.05) is 130 Å². The van der Waals surface area contributed by atoms with Crippen molar-refractivity contribution in [2.24, 2.45) is 0 Å². The monoisotopic (exact) mass is 825 g/mol. The third-order valence-corrected chi connectivity index (χ3v) is 9.15. The fourth-order valence-corrected chi connectivity index (χ4v) is 5.73. The van der Waals surface area contributed by atoms with Crippen LogP contribution in [0, 0.1) is 0 Å². The first-order valence-corrected chi connectivity index (χ1v) is 22.0. The smallest absolute Gasteiger partial charge is 0.306 e. The quantitative estimate of drug-likeness (QED) is 0.0281. The van der Waals surface area contributed by atoms with Crippen LogP contribution in [-0.4, -0.2) is 89.0 Å². The van der Waals surface area contributed by atoms with Gasteiger partial charge in [0.05, 0.1) is 13.2 Å². The number of carbonyl (C=O) groups excluding carboxylic acids is 2. The number of rotatable bonds is 34. The molecule has 0 aromatic rings. The zero-order chi connectivity index (χ0) is 43.0. The van der Waals surface area contributed by atoms with Crippen LogP contribution in [0.25, 0.3) is 0 Å². The minimum absolute atomic E-state index is 0.174. The van der Waals surface area contributed by atoms with Crippen molar-refractivity contribution >= 4 is 11.9 Å². The average molecular weight is 825 g/mol. The van der Waals surface area contributed by atoms with Crippen LogP contribution in [0.5, 0.6) is 0 Å². The number of unbranched alkanes of at least 4 members (excludes halogenated alkanes) is 5. The Morgan fingerprint density at radius 2 is 0.949 bits per heavy atom. The Morgan fingerprint density at radius 1 is 0.525 bits per heavy atom. The molecule has 6 atom stereocenters. The van der Waals surface area contributed by atoms with Gasteiger partial charge in [-0.3, -0.25) is 9.59 Å². The SMILES string of the molecule is CC/C=C/C/C=C/C/C=C/C/C=C/C/C=C/CCCCCC(=O)O[C@H](COC(=O)CCCC/C=C/C/C=C/C/C=C/C/C=C/CC)CO[C@@H]1O[C@H](CO)[C@H](O)C(O)C1O. The normalized spacial score (nSPS) is 21.1. The highest BCUT2D eigenvalue weighted by Gasteiger charge is 2.44. The van der Waals surface area contributed by atoms with Gasteiger partial charge in [0, 0.05) is 12.8 Å². The average Bonchev–Trinajstić information content (AvgIpc) is 3.23. The van der Waals surface area contributed by atoms with Crippen molar-refractivity contribution in [3.05, 3.63) is 109 Å². The van der Waals surface area contributed by atoms with E-state index in [-0.39, 0.29) is 26.1 Å². The second-order valence-electron chi connectivity index (χ2n) is 14.4. The van der Waals surface area contributed by atoms with Gasteiger partial charge in [-0.05, 0) is 96.3 Å². The fraction of sp³-hybridized carbons (Fsp3) is 0.592. The molecule has 332 valence electrons. The first kappa shape index (κ1) is 53.4. The molecule has 1 fully saturated rings. The lowest BCUT2D eigenvalue weighted by Crippen LogP contribution is -2.59. The molecule has 0 radical (unpaired) electrons. The Kier molecular flexibility index (Phi) is 34.9. The van der Waals surface area contributed by atoms with Gasteiger partial charge >= 0.3 is 11.9 Å². The van der Waals surface area contributed by atoms with E-state index in [1.165, 1.54) is 0 Å². The molecule has 0 aromatic heterocycles. The molecule has 0 amide bonds. The van der Waals surface area contributed by atoms with Gasteiger partial charge in [-0.15, -0.1) is 0 Å². The highest BCUT2D eigenvalue weighted by Crippen LogP contribution is 2.22. The van der Waals surface area contributed by atoms with Crippen molar-refractivity contribution in [1.29, 1.82) is 0 Å². The Balaban J connectivity index is 2.41. The molecule has 10 heteroatoms. The second kappa shape index (κ2) is 38.6. The van der Waals surface area contributed by atoms with Crippen molar-refractivity contribution in [2.45, 2.75) is 166 Å². The number of esters is 2. The van der Waals surface area contributed by atoms with Crippen molar-refractivity contribution < 1.29 is 49.0 Å². The standard InChI is InChI=1S/C49H76O10/c1-3-5-7-9-11-13-15-17-19-20-21-22-24-26-28-30-32-34-36-38-45(52)58-42(41-57-49-48(55)47(54)46(53)43(39-50)59-49)40-56-44(51)37-35-33-31-29-27-25-23-18-16-14-12-10-8-6-4-2/h5-8,11-14,17-19,21-23,26-29,42-43,46-50,53-55H,3-4,9-10,15-16,20,24-25,30-41H2,1-2H3/b7-5+,8-6+,13-11+,14-12+,19-17+,22-21+,23-18+,28-26+,29-27+/t42-,43-,46+,47?,48?,49-/m1/s1. The number of carbonyl (C=O) groups is 2. The Hall–Kier alpha value is -3.64. The summed E-state index contributed by atoms with van der Waals surface area (Å²) < 4.78 is 22.1. The maximum absolute atomic E-state index is 12.8. The predicted molar refractivity (Wildman–Crippen MR) is 237 cm³/mol. The number of aliphatic hydroxyl groups is 4. The van der Waals surface area contributed by atoms with E-state index in [0.717, 1.165) is 89.9 Å². The number of allylic oxidation sites excluding steroid dienone is 18. The summed E-state index contributed by atoms with van der Waals surface area (Å²) in [7, 11) is 0. The van der Waals surface area contributed by atoms with E-state index in [1.54, 1.807) is 0 Å². The zero-order valence-electron chi connectivity index (χ0n) is 35.9. The van der Waals surface area contributed by atoms with E-state index in [1.807, 2.05) is 0 Å². The molecular weight excluding hydrogens is 749 g/mol. The molecule has 10 nitrogen and oxygen atoms in total. The molecule has 0 aromatic carbocycles. The van der Waals surface area contributed by atoms with E-state index >= 15 is 0 Å². The minimum Gasteiger partial charge on any atom is -0.462 e. The summed E-state index contributed by atoms with van der Waals surface area (Å²) in [6.45, 7) is 3.09. The van der Waals surface area contributed by atoms with Crippen LogP contribution in [0.4, 0.5) is 0 Å². The Labute approximate surface area is 355 Å². The summed E-state index contributed by atoms with van der Waals surface area (Å²) in [4.78, 5) is 25.3. The lowest BCUT2D eigenvalue weighted by Gasteiger charge is -2.39. The number of ether oxygens (including phenoxy) is 4.